The van der Waals surface area contributed by atoms with Gasteiger partial charge in [0.2, 0.25) is 0 Å². The van der Waals surface area contributed by atoms with E-state index >= 15 is 0 Å². The topological polar surface area (TPSA) is 0 Å². The van der Waals surface area contributed by atoms with Crippen molar-refractivity contribution >= 4 is 29.0 Å². The summed E-state index contributed by atoms with van der Waals surface area (Å²) in [6, 6.07) is 20.8. The van der Waals surface area contributed by atoms with E-state index in [-0.39, 0.29) is 24.8 Å². The summed E-state index contributed by atoms with van der Waals surface area (Å²) < 4.78 is 8.43. The van der Waals surface area contributed by atoms with Gasteiger partial charge in [0, 0.05) is 0 Å². The number of halogens is 2. The summed E-state index contributed by atoms with van der Waals surface area (Å²) in [5.41, 5.74) is 5.58. The van der Waals surface area contributed by atoms with Crippen molar-refractivity contribution in [2.24, 2.45) is 0 Å². The Balaban J connectivity index is 0.000000541. The van der Waals surface area contributed by atoms with Crippen LogP contribution < -0.4 is 0 Å². The third-order valence-electron chi connectivity index (χ3n) is 5.01. The van der Waals surface area contributed by atoms with Gasteiger partial charge in [-0.1, -0.05) is 60.7 Å². The third kappa shape index (κ3) is 9.69. The van der Waals surface area contributed by atoms with Crippen LogP contribution in [0.15, 0.2) is 103 Å². The Bertz CT molecular complexity index is 838. The van der Waals surface area contributed by atoms with Crippen molar-refractivity contribution in [3.05, 3.63) is 103 Å². The monoisotopic (exact) mass is 518 g/mol. The first-order valence-electron chi connectivity index (χ1n) is 10.2. The molecule has 0 saturated heterocycles. The first kappa shape index (κ1) is 28.7. The molecule has 3 heteroatoms. The van der Waals surface area contributed by atoms with E-state index in [9.17, 15) is 0 Å². The van der Waals surface area contributed by atoms with Gasteiger partial charge in [0.05, 0.1) is 0 Å². The molecule has 2 aromatic carbocycles. The van der Waals surface area contributed by atoms with E-state index in [0.29, 0.717) is 0 Å². The van der Waals surface area contributed by atoms with Crippen LogP contribution >= 0.6 is 24.8 Å². The van der Waals surface area contributed by atoms with Crippen molar-refractivity contribution in [3.63, 3.8) is 0 Å². The Kier molecular flexibility index (Phi) is 15.7. The average molecular weight is 521 g/mol. The van der Waals surface area contributed by atoms with E-state index < -0.39 is 21.3 Å². The molecule has 30 heavy (non-hydrogen) atoms. The van der Waals surface area contributed by atoms with Gasteiger partial charge >= 0.3 is 108 Å². The van der Waals surface area contributed by atoms with Gasteiger partial charge in [-0.2, -0.15) is 0 Å². The van der Waals surface area contributed by atoms with Gasteiger partial charge in [0.15, 0.2) is 0 Å². The maximum atomic E-state index is 4.39. The van der Waals surface area contributed by atoms with Crippen LogP contribution in [0.2, 0.25) is 0 Å². The van der Waals surface area contributed by atoms with Gasteiger partial charge in [-0.05, 0) is 11.1 Å². The molecule has 0 unspecified atom stereocenters. The molecule has 0 aliphatic heterocycles. The predicted molar refractivity (Wildman–Crippen MR) is 138 cm³/mol. The summed E-state index contributed by atoms with van der Waals surface area (Å²) >= 11 is -1.61. The standard InChI is InChI=1S/C12H10.C9H15.C5H5.CH2.2ClH.Zr/c1-3-7-11(8-4-1)12-9-5-2-6-10-12;1-5-8(4)9(6-2)7-3;1-2-4-5-3-1;;;;/h1-10H;2,6H,5,7H2,1,3-4H3;1-3H,4H2;1H2;2*1H;/b;6-2?,9-8+;;;;;. The fraction of sp³-hybridized carbons (Fsp3) is 0.222. The van der Waals surface area contributed by atoms with Gasteiger partial charge in [-0.25, -0.2) is 0 Å². The molecular weight excluding hydrogens is 486 g/mol. The second kappa shape index (κ2) is 16.4. The zero-order chi connectivity index (χ0) is 20.2. The molecule has 0 atom stereocenters. The van der Waals surface area contributed by atoms with Crippen molar-refractivity contribution < 1.29 is 21.3 Å². The largest absolute Gasteiger partial charge is 0.0622 e. The molecule has 0 N–H and O–H groups in total. The van der Waals surface area contributed by atoms with Crippen LogP contribution in [-0.4, -0.2) is 4.21 Å². The van der Waals surface area contributed by atoms with Crippen LogP contribution in [-0.2, 0) is 21.3 Å². The number of rotatable bonds is 6. The van der Waals surface area contributed by atoms with Gasteiger partial charge in [-0.15, -0.1) is 24.8 Å². The average Bonchev–Trinajstić information content (AvgIpc) is 3.30. The smallest absolute Gasteiger partial charge is 0.0184 e. The Morgan fingerprint density at radius 2 is 1.43 bits per heavy atom. The normalized spacial score (nSPS) is 12.7. The minimum atomic E-state index is -1.61. The number of hydrogen-bond donors (Lipinski definition) is 0. The van der Waals surface area contributed by atoms with Crippen molar-refractivity contribution in [2.75, 3.05) is 0 Å². The fourth-order valence-electron chi connectivity index (χ4n) is 3.04. The van der Waals surface area contributed by atoms with Gasteiger partial charge in [-0.3, -0.25) is 0 Å². The van der Waals surface area contributed by atoms with Crippen LogP contribution in [0.5, 0.6) is 0 Å². The minimum Gasteiger partial charge on any atom is -0.0622 e. The number of allylic oxidation sites excluding steroid dienone is 7. The molecule has 0 bridgehead atoms. The Hall–Kier alpha value is -1.27. The molecule has 3 rings (SSSR count). The molecule has 0 nitrogen and oxygen atoms in total. The van der Waals surface area contributed by atoms with Crippen molar-refractivity contribution in [3.8, 4) is 11.1 Å². The van der Waals surface area contributed by atoms with Crippen LogP contribution in [0.25, 0.3) is 11.1 Å². The zero-order valence-corrected chi connectivity index (χ0v) is 22.4. The van der Waals surface area contributed by atoms with Crippen LogP contribution in [0.4, 0.5) is 0 Å². The molecule has 1 aliphatic rings. The molecule has 0 amide bonds. The van der Waals surface area contributed by atoms with E-state index in [4.69, 9.17) is 0 Å². The molecule has 0 heterocycles. The summed E-state index contributed by atoms with van der Waals surface area (Å²) in [5, 5.41) is 0. The Morgan fingerprint density at radius 1 is 0.900 bits per heavy atom. The first-order chi connectivity index (χ1) is 13.7. The third-order valence-corrected chi connectivity index (χ3v) is 9.35. The Morgan fingerprint density at radius 3 is 1.83 bits per heavy atom. The van der Waals surface area contributed by atoms with Gasteiger partial charge in [0.1, 0.15) is 0 Å². The van der Waals surface area contributed by atoms with Gasteiger partial charge < -0.3 is 0 Å². The summed E-state index contributed by atoms with van der Waals surface area (Å²) in [4.78, 5) is 0. The van der Waals surface area contributed by atoms with Gasteiger partial charge in [0.25, 0.3) is 0 Å². The van der Waals surface area contributed by atoms with E-state index in [2.05, 4.69) is 102 Å². The van der Waals surface area contributed by atoms with Crippen molar-refractivity contribution in [1.82, 2.24) is 0 Å². The summed E-state index contributed by atoms with van der Waals surface area (Å²) in [7, 11) is 0. The molecule has 1 aliphatic carbocycles. The molecule has 0 fully saturated rings. The van der Waals surface area contributed by atoms with Crippen molar-refractivity contribution in [2.45, 2.75) is 40.0 Å². The number of benzene rings is 2. The maximum Gasteiger partial charge on any atom is -0.0184 e. The number of hydrogen-bond acceptors (Lipinski definition) is 0. The molecule has 0 saturated carbocycles. The molecule has 0 aromatic heterocycles. The Labute approximate surface area is 203 Å². The maximum absolute atomic E-state index is 4.39. The zero-order valence-electron chi connectivity index (χ0n) is 18.3. The molecule has 2 aromatic rings. The summed E-state index contributed by atoms with van der Waals surface area (Å²) in [6.07, 6.45) is 12.5. The predicted octanol–water partition coefficient (Wildman–Crippen LogP) is 8.73. The molecule has 0 radical (unpaired) electrons. The molecular formula is C27H34Cl2Zr. The summed E-state index contributed by atoms with van der Waals surface area (Å²) in [6.45, 7) is 6.71. The van der Waals surface area contributed by atoms with Crippen LogP contribution in [0, 0.1) is 0 Å². The first-order valence-corrected chi connectivity index (χ1v) is 14.6. The van der Waals surface area contributed by atoms with E-state index in [1.807, 2.05) is 12.1 Å². The van der Waals surface area contributed by atoms with Crippen LogP contribution in [0.1, 0.15) is 40.0 Å². The second-order valence-electron chi connectivity index (χ2n) is 6.93. The fourth-order valence-corrected chi connectivity index (χ4v) is 6.26. The van der Waals surface area contributed by atoms with Crippen molar-refractivity contribution in [1.29, 1.82) is 0 Å². The van der Waals surface area contributed by atoms with E-state index in [0.717, 1.165) is 19.3 Å². The SMILES string of the molecule is Cl.Cl.[CH2]=[Zr](/[CH]=C/C(CC)=C(/C)CC)[C]1=CC=CC1.c1ccc(-c2ccccc2)cc1. The van der Waals surface area contributed by atoms with E-state index in [1.165, 1.54) is 22.3 Å². The minimum absolute atomic E-state index is 0. The second-order valence-corrected chi connectivity index (χ2v) is 11.9. The molecule has 160 valence electrons. The molecule has 0 spiro atoms. The van der Waals surface area contributed by atoms with E-state index in [1.54, 1.807) is 3.28 Å². The summed E-state index contributed by atoms with van der Waals surface area (Å²) in [5.74, 6) is 0. The van der Waals surface area contributed by atoms with Crippen LogP contribution in [0.3, 0.4) is 0 Å². The quantitative estimate of drug-likeness (QED) is 0.334.